The minimum Gasteiger partial charge on any atom is -0.378 e. The standard InChI is InChI=1S/C23H32N6/c1-16(2)20-15-24-29-22(26-18-10-12-19(13-11-18)28(3)4)14-21(27-23(20)29)25-17-8-6-5-7-9-17/h10-17,26H,5-9H2,1-4H3,(H,25,27). The molecular weight excluding hydrogens is 360 g/mol. The number of benzene rings is 1. The summed E-state index contributed by atoms with van der Waals surface area (Å²) >= 11 is 0. The first kappa shape index (κ1) is 19.6. The lowest BCUT2D eigenvalue weighted by atomic mass is 9.95. The molecule has 0 unspecified atom stereocenters. The summed E-state index contributed by atoms with van der Waals surface area (Å²) in [5.41, 5.74) is 4.31. The van der Waals surface area contributed by atoms with E-state index in [1.54, 1.807) is 0 Å². The zero-order valence-corrected chi connectivity index (χ0v) is 17.9. The predicted molar refractivity (Wildman–Crippen MR) is 122 cm³/mol. The topological polar surface area (TPSA) is 57.5 Å². The van der Waals surface area contributed by atoms with E-state index in [4.69, 9.17) is 4.98 Å². The van der Waals surface area contributed by atoms with Gasteiger partial charge in [-0.25, -0.2) is 4.98 Å². The summed E-state index contributed by atoms with van der Waals surface area (Å²) in [5, 5.41) is 11.9. The second kappa shape index (κ2) is 8.31. The van der Waals surface area contributed by atoms with Gasteiger partial charge < -0.3 is 15.5 Å². The van der Waals surface area contributed by atoms with Gasteiger partial charge in [-0.05, 0) is 43.0 Å². The molecule has 0 aliphatic heterocycles. The average molecular weight is 393 g/mol. The van der Waals surface area contributed by atoms with Crippen molar-refractivity contribution in [3.05, 3.63) is 42.1 Å². The Bertz CT molecular complexity index is 951. The molecule has 3 aromatic rings. The summed E-state index contributed by atoms with van der Waals surface area (Å²) in [4.78, 5) is 7.03. The molecule has 29 heavy (non-hydrogen) atoms. The molecule has 0 radical (unpaired) electrons. The molecule has 2 aromatic heterocycles. The minimum atomic E-state index is 0.372. The van der Waals surface area contributed by atoms with Gasteiger partial charge in [-0.3, -0.25) is 0 Å². The van der Waals surface area contributed by atoms with Gasteiger partial charge in [0.25, 0.3) is 0 Å². The molecule has 2 heterocycles. The SMILES string of the molecule is CC(C)c1cnn2c(Nc3ccc(N(C)C)cc3)cc(NC3CCCCC3)nc12. The van der Waals surface area contributed by atoms with Crippen molar-refractivity contribution < 1.29 is 0 Å². The first-order valence-corrected chi connectivity index (χ1v) is 10.7. The van der Waals surface area contributed by atoms with Crippen LogP contribution in [0.4, 0.5) is 23.0 Å². The Morgan fingerprint density at radius 3 is 2.45 bits per heavy atom. The lowest BCUT2D eigenvalue weighted by Gasteiger charge is -2.24. The van der Waals surface area contributed by atoms with E-state index in [9.17, 15) is 0 Å². The summed E-state index contributed by atoms with van der Waals surface area (Å²) in [6, 6.07) is 11.0. The van der Waals surface area contributed by atoms with E-state index in [1.807, 2.05) is 10.7 Å². The maximum atomic E-state index is 4.93. The lowest BCUT2D eigenvalue weighted by molar-refractivity contribution is 0.462. The highest BCUT2D eigenvalue weighted by Crippen LogP contribution is 2.28. The van der Waals surface area contributed by atoms with E-state index in [-0.39, 0.29) is 0 Å². The van der Waals surface area contributed by atoms with Crippen LogP contribution in [0.15, 0.2) is 36.5 Å². The third kappa shape index (κ3) is 4.31. The molecule has 1 aliphatic carbocycles. The van der Waals surface area contributed by atoms with Crippen LogP contribution in [-0.2, 0) is 0 Å². The predicted octanol–water partition coefficient (Wildman–Crippen LogP) is 5.41. The number of anilines is 4. The van der Waals surface area contributed by atoms with Gasteiger partial charge in [-0.15, -0.1) is 0 Å². The Hall–Kier alpha value is -2.76. The molecule has 154 valence electrons. The highest BCUT2D eigenvalue weighted by Gasteiger charge is 2.17. The number of aromatic nitrogens is 3. The van der Waals surface area contributed by atoms with Gasteiger partial charge in [0.1, 0.15) is 11.6 Å². The fraction of sp³-hybridized carbons (Fsp3) is 0.478. The number of rotatable bonds is 6. The second-order valence-electron chi connectivity index (χ2n) is 8.56. The summed E-state index contributed by atoms with van der Waals surface area (Å²) in [6.07, 6.45) is 8.33. The third-order valence-electron chi connectivity index (χ3n) is 5.73. The van der Waals surface area contributed by atoms with Crippen LogP contribution in [0.1, 0.15) is 57.4 Å². The number of fused-ring (bicyclic) bond motifs is 1. The average Bonchev–Trinajstić information content (AvgIpc) is 3.14. The van der Waals surface area contributed by atoms with Crippen LogP contribution >= 0.6 is 0 Å². The van der Waals surface area contributed by atoms with Gasteiger partial charge in [-0.1, -0.05) is 33.1 Å². The van der Waals surface area contributed by atoms with E-state index in [1.165, 1.54) is 43.4 Å². The maximum absolute atomic E-state index is 4.93. The molecule has 0 bridgehead atoms. The Labute approximate surface area is 173 Å². The van der Waals surface area contributed by atoms with Gasteiger partial charge in [0.05, 0.1) is 6.20 Å². The molecule has 1 aromatic carbocycles. The van der Waals surface area contributed by atoms with Crippen LogP contribution in [-0.4, -0.2) is 34.7 Å². The molecule has 1 fully saturated rings. The summed E-state index contributed by atoms with van der Waals surface area (Å²) in [6.45, 7) is 4.38. The van der Waals surface area contributed by atoms with Crippen molar-refractivity contribution in [3.63, 3.8) is 0 Å². The molecular formula is C23H32N6. The Balaban J connectivity index is 1.68. The third-order valence-corrected chi connectivity index (χ3v) is 5.73. The molecule has 0 saturated heterocycles. The zero-order chi connectivity index (χ0) is 20.4. The fourth-order valence-corrected chi connectivity index (χ4v) is 4.00. The summed E-state index contributed by atoms with van der Waals surface area (Å²) < 4.78 is 1.92. The normalized spacial score (nSPS) is 15.1. The van der Waals surface area contributed by atoms with Crippen LogP contribution in [0, 0.1) is 0 Å². The fourth-order valence-electron chi connectivity index (χ4n) is 4.00. The Kier molecular flexibility index (Phi) is 5.60. The monoisotopic (exact) mass is 392 g/mol. The van der Waals surface area contributed by atoms with Crippen molar-refractivity contribution in [2.75, 3.05) is 29.6 Å². The molecule has 2 N–H and O–H groups in total. The number of hydrogen-bond acceptors (Lipinski definition) is 5. The van der Waals surface area contributed by atoms with Gasteiger partial charge in [0.2, 0.25) is 0 Å². The van der Waals surface area contributed by atoms with Gasteiger partial charge >= 0.3 is 0 Å². The molecule has 1 aliphatic rings. The van der Waals surface area contributed by atoms with Crippen LogP contribution in [0.3, 0.4) is 0 Å². The summed E-state index contributed by atoms with van der Waals surface area (Å²) in [5.74, 6) is 2.23. The Morgan fingerprint density at radius 2 is 1.79 bits per heavy atom. The lowest BCUT2D eigenvalue weighted by Crippen LogP contribution is -2.23. The van der Waals surface area contributed by atoms with E-state index in [2.05, 4.69) is 78.9 Å². The quantitative estimate of drug-likeness (QED) is 0.588. The smallest absolute Gasteiger partial charge is 0.163 e. The first-order chi connectivity index (χ1) is 14.0. The van der Waals surface area contributed by atoms with Crippen LogP contribution < -0.4 is 15.5 Å². The largest absolute Gasteiger partial charge is 0.378 e. The molecule has 6 heteroatoms. The molecule has 0 atom stereocenters. The minimum absolute atomic E-state index is 0.372. The van der Waals surface area contributed by atoms with Crippen LogP contribution in [0.2, 0.25) is 0 Å². The second-order valence-corrected chi connectivity index (χ2v) is 8.56. The number of hydrogen-bond donors (Lipinski definition) is 2. The van der Waals surface area contributed by atoms with E-state index in [0.29, 0.717) is 12.0 Å². The van der Waals surface area contributed by atoms with E-state index in [0.717, 1.165) is 23.0 Å². The molecule has 1 saturated carbocycles. The van der Waals surface area contributed by atoms with Gasteiger partial charge in [0.15, 0.2) is 5.65 Å². The van der Waals surface area contributed by atoms with Crippen molar-refractivity contribution in [1.82, 2.24) is 14.6 Å². The van der Waals surface area contributed by atoms with E-state index >= 15 is 0 Å². The Morgan fingerprint density at radius 1 is 1.07 bits per heavy atom. The van der Waals surface area contributed by atoms with Crippen molar-refractivity contribution in [1.29, 1.82) is 0 Å². The van der Waals surface area contributed by atoms with Crippen LogP contribution in [0.25, 0.3) is 5.65 Å². The molecule has 0 spiro atoms. The van der Waals surface area contributed by atoms with Gasteiger partial charge in [0, 0.05) is 43.1 Å². The molecule has 4 rings (SSSR count). The highest BCUT2D eigenvalue weighted by atomic mass is 15.3. The van der Waals surface area contributed by atoms with E-state index < -0.39 is 0 Å². The number of nitrogens with one attached hydrogen (secondary N) is 2. The van der Waals surface area contributed by atoms with Crippen molar-refractivity contribution in [3.8, 4) is 0 Å². The molecule has 6 nitrogen and oxygen atoms in total. The van der Waals surface area contributed by atoms with Crippen molar-refractivity contribution in [2.24, 2.45) is 0 Å². The van der Waals surface area contributed by atoms with Crippen LogP contribution in [0.5, 0.6) is 0 Å². The highest BCUT2D eigenvalue weighted by molar-refractivity contribution is 5.67. The van der Waals surface area contributed by atoms with Gasteiger partial charge in [-0.2, -0.15) is 9.61 Å². The number of nitrogens with zero attached hydrogens (tertiary/aromatic N) is 4. The van der Waals surface area contributed by atoms with Crippen molar-refractivity contribution >= 4 is 28.7 Å². The van der Waals surface area contributed by atoms with Crippen molar-refractivity contribution in [2.45, 2.75) is 57.9 Å². The zero-order valence-electron chi connectivity index (χ0n) is 17.9. The molecule has 0 amide bonds. The first-order valence-electron chi connectivity index (χ1n) is 10.7. The summed E-state index contributed by atoms with van der Waals surface area (Å²) in [7, 11) is 4.10. The maximum Gasteiger partial charge on any atom is 0.163 e.